The van der Waals surface area contributed by atoms with Crippen LogP contribution in [0.5, 0.6) is 0 Å². The highest BCUT2D eigenvalue weighted by atomic mass is 16.8. The summed E-state index contributed by atoms with van der Waals surface area (Å²) in [6.45, 7) is 3.90. The van der Waals surface area contributed by atoms with Crippen molar-refractivity contribution in [2.75, 3.05) is 14.2 Å². The Hall–Kier alpha value is -2.25. The number of esters is 1. The van der Waals surface area contributed by atoms with Gasteiger partial charge in [-0.1, -0.05) is 60.7 Å². The Morgan fingerprint density at radius 3 is 2.11 bits per heavy atom. The van der Waals surface area contributed by atoms with E-state index in [1.807, 2.05) is 60.7 Å². The summed E-state index contributed by atoms with van der Waals surface area (Å²) < 4.78 is 22.8. The molecule has 1 aliphatic heterocycles. The van der Waals surface area contributed by atoms with Gasteiger partial charge in [-0.05, 0) is 18.1 Å². The third-order valence-corrected chi connectivity index (χ3v) is 5.31. The van der Waals surface area contributed by atoms with Gasteiger partial charge < -0.3 is 24.3 Å². The maximum atomic E-state index is 12.9. The minimum Gasteiger partial charge on any atom is -0.425 e. The van der Waals surface area contributed by atoms with Crippen molar-refractivity contribution in [1.82, 2.24) is 5.32 Å². The summed E-state index contributed by atoms with van der Waals surface area (Å²) in [5.74, 6) is -3.12. The zero-order valence-electron chi connectivity index (χ0n) is 16.7. The molecule has 2 aromatic rings. The van der Waals surface area contributed by atoms with Crippen LogP contribution < -0.4 is 5.32 Å². The molecule has 1 heterocycles. The van der Waals surface area contributed by atoms with Gasteiger partial charge in [-0.25, -0.2) is 4.79 Å². The molecule has 0 saturated carbocycles. The maximum absolute atomic E-state index is 12.9. The van der Waals surface area contributed by atoms with E-state index < -0.39 is 29.7 Å². The van der Waals surface area contributed by atoms with Crippen LogP contribution in [0, 0.1) is 0 Å². The van der Waals surface area contributed by atoms with Gasteiger partial charge in [0.05, 0.1) is 6.04 Å². The van der Waals surface area contributed by atoms with Crippen LogP contribution in [-0.2, 0) is 30.3 Å². The molecule has 150 valence electrons. The van der Waals surface area contributed by atoms with Gasteiger partial charge in [0.2, 0.25) is 5.79 Å². The van der Waals surface area contributed by atoms with Gasteiger partial charge in [0, 0.05) is 27.7 Å². The topological polar surface area (TPSA) is 66.0 Å². The Morgan fingerprint density at radius 1 is 0.964 bits per heavy atom. The van der Waals surface area contributed by atoms with Crippen LogP contribution in [-0.4, -0.2) is 37.9 Å². The number of rotatable bonds is 7. The fourth-order valence-electron chi connectivity index (χ4n) is 3.29. The molecule has 3 rings (SSSR count). The largest absolute Gasteiger partial charge is 0.425 e. The van der Waals surface area contributed by atoms with Crippen molar-refractivity contribution in [2.45, 2.75) is 44.1 Å². The molecule has 0 radical (unpaired) electrons. The molecule has 1 saturated heterocycles. The molecular formula is C22H27NO5. The zero-order chi connectivity index (χ0) is 20.2. The van der Waals surface area contributed by atoms with Crippen LogP contribution in [0.2, 0.25) is 0 Å². The summed E-state index contributed by atoms with van der Waals surface area (Å²) in [7, 11) is 2.96. The molecule has 0 aliphatic carbocycles. The fourth-order valence-corrected chi connectivity index (χ4v) is 3.29. The minimum absolute atomic E-state index is 0.426. The standard InChI is InChI=1S/C22H27NO5/c1-21(25-3)22(2,26-4)28-20(24)19(27-21)18(17-13-9-6-10-14-17)23-15-16-11-7-5-8-12-16/h5-14,18-19,23H,15H2,1-4H3/t18-,19+,21-,22-/m0/s1. The fraction of sp³-hybridized carbons (Fsp3) is 0.409. The van der Waals surface area contributed by atoms with Gasteiger partial charge in [0.1, 0.15) is 0 Å². The highest BCUT2D eigenvalue weighted by molar-refractivity contribution is 5.77. The van der Waals surface area contributed by atoms with E-state index in [2.05, 4.69) is 5.32 Å². The van der Waals surface area contributed by atoms with E-state index in [1.165, 1.54) is 14.2 Å². The van der Waals surface area contributed by atoms with Crippen molar-refractivity contribution in [3.8, 4) is 0 Å². The second-order valence-electron chi connectivity index (χ2n) is 7.01. The Labute approximate surface area is 165 Å². The van der Waals surface area contributed by atoms with E-state index in [0.29, 0.717) is 6.54 Å². The number of hydrogen-bond acceptors (Lipinski definition) is 6. The second-order valence-corrected chi connectivity index (χ2v) is 7.01. The van der Waals surface area contributed by atoms with E-state index in [4.69, 9.17) is 18.9 Å². The molecule has 6 nitrogen and oxygen atoms in total. The number of carbonyl (C=O) groups is 1. The van der Waals surface area contributed by atoms with E-state index in [1.54, 1.807) is 13.8 Å². The van der Waals surface area contributed by atoms with Gasteiger partial charge in [0.25, 0.3) is 5.79 Å². The van der Waals surface area contributed by atoms with Gasteiger partial charge in [-0.15, -0.1) is 0 Å². The number of methoxy groups -OCH3 is 2. The lowest BCUT2D eigenvalue weighted by Gasteiger charge is -2.49. The van der Waals surface area contributed by atoms with Crippen molar-refractivity contribution >= 4 is 5.97 Å². The SMILES string of the molecule is CO[C@@]1(C)OC(=O)[C@@H]([C@@H](NCc2ccccc2)c2ccccc2)O[C@]1(C)OC. The van der Waals surface area contributed by atoms with Crippen molar-refractivity contribution in [3.05, 3.63) is 71.8 Å². The maximum Gasteiger partial charge on any atom is 0.340 e. The molecule has 0 aromatic heterocycles. The van der Waals surface area contributed by atoms with E-state index in [9.17, 15) is 4.79 Å². The summed E-state index contributed by atoms with van der Waals surface area (Å²) in [5.41, 5.74) is 2.02. The molecule has 1 N–H and O–H groups in total. The second kappa shape index (κ2) is 8.41. The lowest BCUT2D eigenvalue weighted by Crippen LogP contribution is -2.65. The molecule has 0 unspecified atom stereocenters. The predicted octanol–water partition coefficient (Wildman–Crippen LogP) is 3.18. The van der Waals surface area contributed by atoms with Crippen LogP contribution in [0.25, 0.3) is 0 Å². The third kappa shape index (κ3) is 3.95. The highest BCUT2D eigenvalue weighted by Gasteiger charge is 2.58. The molecule has 6 heteroatoms. The molecule has 0 bridgehead atoms. The van der Waals surface area contributed by atoms with Gasteiger partial charge in [-0.3, -0.25) is 0 Å². The van der Waals surface area contributed by atoms with Crippen LogP contribution in [0.15, 0.2) is 60.7 Å². The van der Waals surface area contributed by atoms with Crippen molar-refractivity contribution in [3.63, 3.8) is 0 Å². The van der Waals surface area contributed by atoms with Gasteiger partial charge in [0.15, 0.2) is 6.10 Å². The molecule has 0 spiro atoms. The van der Waals surface area contributed by atoms with Crippen LogP contribution in [0.4, 0.5) is 0 Å². The number of carbonyl (C=O) groups excluding carboxylic acids is 1. The van der Waals surface area contributed by atoms with Crippen LogP contribution >= 0.6 is 0 Å². The summed E-state index contributed by atoms with van der Waals surface area (Å²) in [4.78, 5) is 12.9. The summed E-state index contributed by atoms with van der Waals surface area (Å²) in [6.07, 6.45) is -0.903. The lowest BCUT2D eigenvalue weighted by atomic mass is 9.97. The van der Waals surface area contributed by atoms with Crippen molar-refractivity contribution in [2.24, 2.45) is 0 Å². The molecule has 0 amide bonds. The first-order chi connectivity index (χ1) is 13.4. The third-order valence-electron chi connectivity index (χ3n) is 5.31. The minimum atomic E-state index is -1.35. The molecule has 1 aliphatic rings. The van der Waals surface area contributed by atoms with Crippen molar-refractivity contribution in [1.29, 1.82) is 0 Å². The van der Waals surface area contributed by atoms with E-state index in [-0.39, 0.29) is 0 Å². The van der Waals surface area contributed by atoms with Gasteiger partial charge in [-0.2, -0.15) is 0 Å². The highest BCUT2D eigenvalue weighted by Crippen LogP contribution is 2.40. The molecule has 4 atom stereocenters. The predicted molar refractivity (Wildman–Crippen MR) is 104 cm³/mol. The summed E-state index contributed by atoms with van der Waals surface area (Å²) >= 11 is 0. The van der Waals surface area contributed by atoms with Gasteiger partial charge >= 0.3 is 5.97 Å². The number of hydrogen-bond donors (Lipinski definition) is 1. The first-order valence-electron chi connectivity index (χ1n) is 9.25. The van der Waals surface area contributed by atoms with Crippen molar-refractivity contribution < 1.29 is 23.7 Å². The Morgan fingerprint density at radius 2 is 1.54 bits per heavy atom. The number of cyclic esters (lactones) is 1. The van der Waals surface area contributed by atoms with E-state index >= 15 is 0 Å². The average molecular weight is 385 g/mol. The van der Waals surface area contributed by atoms with Crippen LogP contribution in [0.1, 0.15) is 31.0 Å². The lowest BCUT2D eigenvalue weighted by molar-refractivity contribution is -0.407. The Bertz CT molecular complexity index is 784. The summed E-state index contributed by atoms with van der Waals surface area (Å²) in [6, 6.07) is 19.2. The number of ether oxygens (including phenoxy) is 4. The Balaban J connectivity index is 1.90. The molecule has 1 fully saturated rings. The average Bonchev–Trinajstić information content (AvgIpc) is 2.73. The molecule has 2 aromatic carbocycles. The first-order valence-corrected chi connectivity index (χ1v) is 9.25. The molecular weight excluding hydrogens is 358 g/mol. The quantitative estimate of drug-likeness (QED) is 0.739. The zero-order valence-corrected chi connectivity index (χ0v) is 16.7. The summed E-state index contributed by atoms with van der Waals surface area (Å²) in [5, 5.41) is 3.44. The number of benzene rings is 2. The van der Waals surface area contributed by atoms with Crippen LogP contribution in [0.3, 0.4) is 0 Å². The monoisotopic (exact) mass is 385 g/mol. The normalized spacial score (nSPS) is 28.6. The Kier molecular flexibility index (Phi) is 6.15. The first kappa shape index (κ1) is 20.5. The number of nitrogens with one attached hydrogen (secondary N) is 1. The smallest absolute Gasteiger partial charge is 0.340 e. The van der Waals surface area contributed by atoms with E-state index in [0.717, 1.165) is 11.1 Å². The molecule has 28 heavy (non-hydrogen) atoms.